The SMILES string of the molecule is COc1cc([C@H]2C3=CC[C@@H]4C(=O)N(C(N)=O)C(=O)[C@@H]4[C@@H]3C[C@H]3C(=O)C(c4ccccc4)=CC(=O)[C@@]23c2ccccc2)cc(I)c1O. The molecular weight excluding hydrogens is 699 g/mol. The van der Waals surface area contributed by atoms with Gasteiger partial charge in [0.15, 0.2) is 23.1 Å². The quantitative estimate of drug-likeness (QED) is 0.221. The van der Waals surface area contributed by atoms with Crippen LogP contribution in [0.4, 0.5) is 4.79 Å². The number of hydrogen-bond acceptors (Lipinski definition) is 7. The van der Waals surface area contributed by atoms with Crippen LogP contribution in [0.5, 0.6) is 11.5 Å². The van der Waals surface area contributed by atoms with Crippen LogP contribution in [0, 0.1) is 27.2 Å². The molecule has 0 aromatic heterocycles. The molecule has 7 rings (SSSR count). The Hall–Kier alpha value is -4.58. The number of methoxy groups -OCH3 is 1. The molecule has 46 heavy (non-hydrogen) atoms. The zero-order valence-electron chi connectivity index (χ0n) is 24.7. The fourth-order valence-corrected chi connectivity index (χ4v) is 9.01. The Morgan fingerprint density at radius 2 is 1.65 bits per heavy atom. The molecule has 4 aliphatic rings. The van der Waals surface area contributed by atoms with Gasteiger partial charge in [0.05, 0.1) is 27.9 Å². The van der Waals surface area contributed by atoms with E-state index in [4.69, 9.17) is 10.5 Å². The number of phenols is 1. The number of fused-ring (bicyclic) bond motifs is 4. The number of Topliss-reactive ketones (excluding diaryl/α,β-unsaturated/α-hetero) is 1. The van der Waals surface area contributed by atoms with E-state index in [1.807, 2.05) is 65.1 Å². The highest BCUT2D eigenvalue weighted by Gasteiger charge is 2.66. The number of nitrogens with zero attached hydrogens (tertiary/aromatic N) is 1. The number of carbonyl (C=O) groups excluding carboxylic acids is 5. The summed E-state index contributed by atoms with van der Waals surface area (Å²) in [6, 6.07) is 20.5. The summed E-state index contributed by atoms with van der Waals surface area (Å²) < 4.78 is 6.01. The second-order valence-corrected chi connectivity index (χ2v) is 13.4. The van der Waals surface area contributed by atoms with Crippen LogP contribution in [0.1, 0.15) is 35.4 Å². The molecule has 9 nitrogen and oxygen atoms in total. The molecule has 1 heterocycles. The second kappa shape index (κ2) is 11.0. The topological polar surface area (TPSA) is 144 Å². The molecule has 3 aliphatic carbocycles. The number of imide groups is 3. The number of primary amides is 1. The first-order valence-electron chi connectivity index (χ1n) is 15.0. The van der Waals surface area contributed by atoms with Gasteiger partial charge in [-0.3, -0.25) is 19.2 Å². The van der Waals surface area contributed by atoms with Crippen LogP contribution < -0.4 is 10.5 Å². The minimum absolute atomic E-state index is 0.0619. The number of likely N-dealkylation sites (tertiary alicyclic amines) is 1. The highest BCUT2D eigenvalue weighted by molar-refractivity contribution is 14.1. The summed E-state index contributed by atoms with van der Waals surface area (Å²) >= 11 is 2.00. The third-order valence-electron chi connectivity index (χ3n) is 10.2. The third kappa shape index (κ3) is 4.15. The monoisotopic (exact) mass is 728 g/mol. The summed E-state index contributed by atoms with van der Waals surface area (Å²) in [5.74, 6) is -5.80. The van der Waals surface area contributed by atoms with Crippen molar-refractivity contribution in [1.82, 2.24) is 4.90 Å². The number of halogens is 1. The van der Waals surface area contributed by atoms with Crippen molar-refractivity contribution in [2.45, 2.75) is 24.2 Å². The van der Waals surface area contributed by atoms with E-state index in [1.165, 1.54) is 13.2 Å². The van der Waals surface area contributed by atoms with E-state index >= 15 is 4.79 Å². The normalized spacial score (nSPS) is 28.6. The van der Waals surface area contributed by atoms with Crippen molar-refractivity contribution in [2.75, 3.05) is 7.11 Å². The maximum Gasteiger partial charge on any atom is 0.328 e. The van der Waals surface area contributed by atoms with Gasteiger partial charge in [-0.1, -0.05) is 72.3 Å². The molecule has 1 saturated heterocycles. The largest absolute Gasteiger partial charge is 0.504 e. The number of carbonyl (C=O) groups is 5. The molecule has 6 atom stereocenters. The molecule has 3 aromatic carbocycles. The number of hydrogen-bond donors (Lipinski definition) is 2. The molecule has 1 saturated carbocycles. The van der Waals surface area contributed by atoms with Crippen LogP contribution in [0.3, 0.4) is 0 Å². The average molecular weight is 729 g/mol. The smallest absolute Gasteiger partial charge is 0.328 e. The van der Waals surface area contributed by atoms with Gasteiger partial charge < -0.3 is 15.6 Å². The lowest BCUT2D eigenvalue weighted by Crippen LogP contribution is -2.58. The fourth-order valence-electron chi connectivity index (χ4n) is 8.38. The molecule has 4 amide bonds. The molecule has 0 bridgehead atoms. The molecule has 0 spiro atoms. The number of benzene rings is 3. The maximum atomic E-state index is 15.0. The van der Waals surface area contributed by atoms with Crippen molar-refractivity contribution in [3.8, 4) is 11.5 Å². The number of allylic oxidation sites excluding steroid dienone is 4. The first-order valence-corrected chi connectivity index (χ1v) is 16.0. The third-order valence-corrected chi connectivity index (χ3v) is 11.0. The second-order valence-electron chi connectivity index (χ2n) is 12.2. The van der Waals surface area contributed by atoms with Gasteiger partial charge in [0.25, 0.3) is 0 Å². The predicted octanol–water partition coefficient (Wildman–Crippen LogP) is 4.91. The zero-order chi connectivity index (χ0) is 32.5. The van der Waals surface area contributed by atoms with E-state index < -0.39 is 52.8 Å². The molecule has 2 fully saturated rings. The van der Waals surface area contributed by atoms with Crippen LogP contribution in [0.25, 0.3) is 5.57 Å². The van der Waals surface area contributed by atoms with E-state index in [0.29, 0.717) is 25.2 Å². The van der Waals surface area contributed by atoms with Crippen LogP contribution in [-0.4, -0.2) is 46.5 Å². The van der Waals surface area contributed by atoms with Gasteiger partial charge in [-0.05, 0) is 76.2 Å². The van der Waals surface area contributed by atoms with Crippen molar-refractivity contribution in [2.24, 2.45) is 29.4 Å². The number of aromatic hydroxyl groups is 1. The predicted molar refractivity (Wildman–Crippen MR) is 175 cm³/mol. The lowest BCUT2D eigenvalue weighted by molar-refractivity contribution is -0.137. The Labute approximate surface area is 278 Å². The Morgan fingerprint density at radius 3 is 2.30 bits per heavy atom. The number of nitrogens with two attached hydrogens (primary N) is 1. The Kier molecular flexibility index (Phi) is 7.22. The van der Waals surface area contributed by atoms with Crippen LogP contribution in [-0.2, 0) is 24.6 Å². The minimum Gasteiger partial charge on any atom is -0.504 e. The molecular formula is C36H29IN2O7. The zero-order valence-corrected chi connectivity index (χ0v) is 26.8. The average Bonchev–Trinajstić information content (AvgIpc) is 3.33. The lowest BCUT2D eigenvalue weighted by Gasteiger charge is -2.55. The number of ether oxygens (including phenoxy) is 1. The number of amides is 4. The van der Waals surface area contributed by atoms with Crippen LogP contribution in [0.15, 0.2) is 90.5 Å². The fraction of sp³-hybridized carbons (Fsp3) is 0.250. The van der Waals surface area contributed by atoms with Crippen LogP contribution >= 0.6 is 22.6 Å². The molecule has 10 heteroatoms. The van der Waals surface area contributed by atoms with Crippen molar-refractivity contribution in [3.05, 3.63) is 111 Å². The van der Waals surface area contributed by atoms with Gasteiger partial charge in [0.1, 0.15) is 0 Å². The summed E-state index contributed by atoms with van der Waals surface area (Å²) in [6.07, 6.45) is 3.61. The number of phenolic OH excluding ortho intramolecular Hbond substituents is 1. The Morgan fingerprint density at radius 1 is 0.978 bits per heavy atom. The standard InChI is InChI=1S/C36H29IN2O7/c1-46-27-15-19(14-26(37)32(27)42)30-21-12-13-22-29(34(44)39(33(22)43)35(38)45)24(21)16-25-31(41)23(18-8-4-2-5-9-18)17-28(40)36(25,30)20-10-6-3-7-11-20/h2-12,14-15,17,22,24-25,29-30,42H,13,16H2,1H3,(H2,38,45)/t22-,24+,25-,29-,30-,36-/m0/s1. The van der Waals surface area contributed by atoms with Gasteiger partial charge in [-0.15, -0.1) is 0 Å². The highest BCUT2D eigenvalue weighted by atomic mass is 127. The Bertz CT molecular complexity index is 1900. The first-order chi connectivity index (χ1) is 22.1. The number of ketones is 2. The molecule has 1 aliphatic heterocycles. The van der Waals surface area contributed by atoms with E-state index in [9.17, 15) is 24.3 Å². The van der Waals surface area contributed by atoms with Crippen LogP contribution in [0.2, 0.25) is 0 Å². The molecule has 232 valence electrons. The number of urea groups is 1. The van der Waals surface area contributed by atoms with E-state index in [-0.39, 0.29) is 41.5 Å². The van der Waals surface area contributed by atoms with E-state index in [0.717, 1.165) is 5.57 Å². The summed E-state index contributed by atoms with van der Waals surface area (Å²) in [4.78, 5) is 69.7. The lowest BCUT2D eigenvalue weighted by atomic mass is 9.44. The first kappa shape index (κ1) is 30.1. The molecule has 0 radical (unpaired) electrons. The summed E-state index contributed by atoms with van der Waals surface area (Å²) in [6.45, 7) is 0. The molecule has 3 aromatic rings. The van der Waals surface area contributed by atoms with Gasteiger partial charge >= 0.3 is 6.03 Å². The molecule has 0 unspecified atom stereocenters. The highest BCUT2D eigenvalue weighted by Crippen LogP contribution is 2.64. The van der Waals surface area contributed by atoms with Crippen molar-refractivity contribution < 1.29 is 33.8 Å². The summed E-state index contributed by atoms with van der Waals surface area (Å²) in [7, 11) is 1.43. The maximum absolute atomic E-state index is 15.0. The Balaban J connectivity index is 1.54. The van der Waals surface area contributed by atoms with Crippen molar-refractivity contribution in [3.63, 3.8) is 0 Å². The van der Waals surface area contributed by atoms with Gasteiger partial charge in [0.2, 0.25) is 11.8 Å². The summed E-state index contributed by atoms with van der Waals surface area (Å²) in [5.41, 5.74) is 6.94. The van der Waals surface area contributed by atoms with E-state index in [1.54, 1.807) is 36.4 Å². The number of rotatable bonds is 4. The minimum atomic E-state index is -1.42. The molecule has 3 N–H and O–H groups in total. The summed E-state index contributed by atoms with van der Waals surface area (Å²) in [5, 5.41) is 10.8. The van der Waals surface area contributed by atoms with Gasteiger partial charge in [-0.2, -0.15) is 4.90 Å². The van der Waals surface area contributed by atoms with Crippen molar-refractivity contribution >= 4 is 57.6 Å². The van der Waals surface area contributed by atoms with Gasteiger partial charge in [0, 0.05) is 17.4 Å². The van der Waals surface area contributed by atoms with Gasteiger partial charge in [-0.25, -0.2) is 4.79 Å². The van der Waals surface area contributed by atoms with Crippen molar-refractivity contribution in [1.29, 1.82) is 0 Å². The van der Waals surface area contributed by atoms with E-state index in [2.05, 4.69) is 0 Å².